The number of ether oxygens (including phenoxy) is 2. The third kappa shape index (κ3) is 2.32. The molecule has 0 radical (unpaired) electrons. The average molecular weight is 269 g/mol. The number of hydrogen-bond donors (Lipinski definition) is 1. The zero-order valence-corrected chi connectivity index (χ0v) is 11.4. The lowest BCUT2D eigenvalue weighted by Gasteiger charge is -2.09. The van der Waals surface area contributed by atoms with Crippen molar-refractivity contribution in [3.63, 3.8) is 0 Å². The molecule has 1 N–H and O–H groups in total. The summed E-state index contributed by atoms with van der Waals surface area (Å²) in [5.74, 6) is 0.921. The fourth-order valence-electron chi connectivity index (χ4n) is 2.35. The van der Waals surface area contributed by atoms with Crippen molar-refractivity contribution in [2.45, 2.75) is 13.8 Å². The molecule has 0 atom stereocenters. The van der Waals surface area contributed by atoms with Crippen LogP contribution in [0.1, 0.15) is 21.5 Å². The van der Waals surface area contributed by atoms with E-state index in [1.54, 1.807) is 18.2 Å². The number of rotatable bonds is 2. The number of hydrogen-bond acceptors (Lipinski definition) is 3. The molecule has 2 aromatic rings. The molecule has 1 amide bonds. The van der Waals surface area contributed by atoms with E-state index in [4.69, 9.17) is 9.47 Å². The van der Waals surface area contributed by atoms with Gasteiger partial charge in [-0.1, -0.05) is 12.1 Å². The second-order valence-electron chi connectivity index (χ2n) is 4.87. The van der Waals surface area contributed by atoms with Crippen LogP contribution < -0.4 is 14.8 Å². The van der Waals surface area contributed by atoms with Crippen molar-refractivity contribution in [1.29, 1.82) is 0 Å². The maximum absolute atomic E-state index is 12.3. The van der Waals surface area contributed by atoms with E-state index in [2.05, 4.69) is 11.4 Å². The van der Waals surface area contributed by atoms with Crippen LogP contribution in [0.3, 0.4) is 0 Å². The highest BCUT2D eigenvalue weighted by Crippen LogP contribution is 2.35. The Morgan fingerprint density at radius 3 is 2.60 bits per heavy atom. The smallest absolute Gasteiger partial charge is 0.259 e. The first-order chi connectivity index (χ1) is 9.63. The lowest BCUT2D eigenvalue weighted by Crippen LogP contribution is -2.13. The Labute approximate surface area is 117 Å². The summed E-state index contributed by atoms with van der Waals surface area (Å²) < 4.78 is 10.6. The number of nitrogens with one attached hydrogen (secondary N) is 1. The van der Waals surface area contributed by atoms with Crippen molar-refractivity contribution in [2.24, 2.45) is 0 Å². The van der Waals surface area contributed by atoms with Gasteiger partial charge >= 0.3 is 0 Å². The number of fused-ring (bicyclic) bond motifs is 1. The van der Waals surface area contributed by atoms with Crippen LogP contribution in [0.5, 0.6) is 11.5 Å². The molecule has 0 spiro atoms. The molecular formula is C16H15NO3. The van der Waals surface area contributed by atoms with Crippen molar-refractivity contribution < 1.29 is 14.3 Å². The average Bonchev–Trinajstić information content (AvgIpc) is 2.85. The number of amides is 1. The standard InChI is InChI=1S/C16H15NO3/c1-10-6-11(2)8-12(7-10)17-16(18)13-4-3-5-14-15(13)20-9-19-14/h3-8H,9H2,1-2H3,(H,17,18). The minimum atomic E-state index is -0.197. The lowest BCUT2D eigenvalue weighted by molar-refractivity contribution is 0.102. The van der Waals surface area contributed by atoms with Gasteiger partial charge in [-0.05, 0) is 49.2 Å². The maximum Gasteiger partial charge on any atom is 0.259 e. The minimum Gasteiger partial charge on any atom is -0.454 e. The van der Waals surface area contributed by atoms with E-state index < -0.39 is 0 Å². The molecule has 0 fully saturated rings. The molecule has 0 saturated carbocycles. The predicted molar refractivity (Wildman–Crippen MR) is 76.4 cm³/mol. The molecule has 4 nitrogen and oxygen atoms in total. The van der Waals surface area contributed by atoms with E-state index in [-0.39, 0.29) is 12.7 Å². The molecular weight excluding hydrogens is 254 g/mol. The number of benzene rings is 2. The fraction of sp³-hybridized carbons (Fsp3) is 0.188. The fourth-order valence-corrected chi connectivity index (χ4v) is 2.35. The normalized spacial score (nSPS) is 12.3. The Morgan fingerprint density at radius 1 is 1.10 bits per heavy atom. The summed E-state index contributed by atoms with van der Waals surface area (Å²) in [6, 6.07) is 11.2. The SMILES string of the molecule is Cc1cc(C)cc(NC(=O)c2cccc3c2OCO3)c1. The number of para-hydroxylation sites is 1. The highest BCUT2D eigenvalue weighted by atomic mass is 16.7. The molecule has 2 aromatic carbocycles. The molecule has 1 aliphatic heterocycles. The summed E-state index contributed by atoms with van der Waals surface area (Å²) in [6.07, 6.45) is 0. The first-order valence-corrected chi connectivity index (χ1v) is 6.42. The molecule has 20 heavy (non-hydrogen) atoms. The van der Waals surface area contributed by atoms with Gasteiger partial charge in [-0.25, -0.2) is 0 Å². The Morgan fingerprint density at radius 2 is 1.85 bits per heavy atom. The monoisotopic (exact) mass is 269 g/mol. The largest absolute Gasteiger partial charge is 0.454 e. The lowest BCUT2D eigenvalue weighted by atomic mass is 10.1. The molecule has 0 saturated heterocycles. The van der Waals surface area contributed by atoms with Crippen LogP contribution in [0.2, 0.25) is 0 Å². The van der Waals surface area contributed by atoms with E-state index in [0.717, 1.165) is 16.8 Å². The highest BCUT2D eigenvalue weighted by molar-refractivity contribution is 6.06. The number of anilines is 1. The van der Waals surface area contributed by atoms with Gasteiger partial charge in [0.15, 0.2) is 11.5 Å². The van der Waals surface area contributed by atoms with Crippen LogP contribution in [-0.2, 0) is 0 Å². The Kier molecular flexibility index (Phi) is 3.06. The van der Waals surface area contributed by atoms with Gasteiger partial charge < -0.3 is 14.8 Å². The zero-order chi connectivity index (χ0) is 14.1. The van der Waals surface area contributed by atoms with E-state index in [1.165, 1.54) is 0 Å². The molecule has 1 aliphatic rings. The Bertz CT molecular complexity index is 659. The van der Waals surface area contributed by atoms with Crippen LogP contribution >= 0.6 is 0 Å². The number of carbonyl (C=O) groups is 1. The molecule has 3 rings (SSSR count). The van der Waals surface area contributed by atoms with E-state index in [0.29, 0.717) is 17.1 Å². The Hall–Kier alpha value is -2.49. The van der Waals surface area contributed by atoms with Gasteiger partial charge in [-0.3, -0.25) is 4.79 Å². The van der Waals surface area contributed by atoms with Gasteiger partial charge in [0.1, 0.15) is 0 Å². The molecule has 4 heteroatoms. The summed E-state index contributed by atoms with van der Waals surface area (Å²) in [4.78, 5) is 12.3. The second kappa shape index (κ2) is 4.89. The van der Waals surface area contributed by atoms with E-state index in [1.807, 2.05) is 26.0 Å². The summed E-state index contributed by atoms with van der Waals surface area (Å²) in [5.41, 5.74) is 3.49. The number of carbonyl (C=O) groups excluding carboxylic acids is 1. The van der Waals surface area contributed by atoms with Gasteiger partial charge in [0.25, 0.3) is 5.91 Å². The summed E-state index contributed by atoms with van der Waals surface area (Å²) >= 11 is 0. The zero-order valence-electron chi connectivity index (χ0n) is 11.4. The molecule has 102 valence electrons. The summed E-state index contributed by atoms with van der Waals surface area (Å²) in [6.45, 7) is 4.16. The molecule has 0 aliphatic carbocycles. The van der Waals surface area contributed by atoms with E-state index >= 15 is 0 Å². The first-order valence-electron chi connectivity index (χ1n) is 6.42. The second-order valence-corrected chi connectivity index (χ2v) is 4.87. The van der Waals surface area contributed by atoms with Crippen molar-refractivity contribution in [3.05, 3.63) is 53.1 Å². The highest BCUT2D eigenvalue weighted by Gasteiger charge is 2.21. The van der Waals surface area contributed by atoms with Gasteiger partial charge in [0.2, 0.25) is 6.79 Å². The first kappa shape index (κ1) is 12.5. The van der Waals surface area contributed by atoms with Crippen LogP contribution in [0.15, 0.2) is 36.4 Å². The quantitative estimate of drug-likeness (QED) is 0.910. The summed E-state index contributed by atoms with van der Waals surface area (Å²) in [7, 11) is 0. The van der Waals surface area contributed by atoms with Crippen molar-refractivity contribution in [3.8, 4) is 11.5 Å². The van der Waals surface area contributed by atoms with Gasteiger partial charge in [-0.2, -0.15) is 0 Å². The van der Waals surface area contributed by atoms with Crippen molar-refractivity contribution in [1.82, 2.24) is 0 Å². The van der Waals surface area contributed by atoms with Gasteiger partial charge in [0.05, 0.1) is 5.56 Å². The van der Waals surface area contributed by atoms with Crippen LogP contribution in [0, 0.1) is 13.8 Å². The Balaban J connectivity index is 1.88. The predicted octanol–water partition coefficient (Wildman–Crippen LogP) is 3.28. The molecule has 0 unspecified atom stereocenters. The maximum atomic E-state index is 12.3. The molecule has 1 heterocycles. The van der Waals surface area contributed by atoms with Crippen LogP contribution in [0.4, 0.5) is 5.69 Å². The molecule has 0 bridgehead atoms. The van der Waals surface area contributed by atoms with Crippen molar-refractivity contribution in [2.75, 3.05) is 12.1 Å². The van der Waals surface area contributed by atoms with Gasteiger partial charge in [0, 0.05) is 5.69 Å². The van der Waals surface area contributed by atoms with Crippen LogP contribution in [-0.4, -0.2) is 12.7 Å². The number of aryl methyl sites for hydroxylation is 2. The third-order valence-corrected chi connectivity index (χ3v) is 3.12. The molecule has 0 aromatic heterocycles. The van der Waals surface area contributed by atoms with E-state index in [9.17, 15) is 4.79 Å². The van der Waals surface area contributed by atoms with Crippen molar-refractivity contribution >= 4 is 11.6 Å². The summed E-state index contributed by atoms with van der Waals surface area (Å²) in [5, 5.41) is 2.90. The van der Waals surface area contributed by atoms with Gasteiger partial charge in [-0.15, -0.1) is 0 Å². The third-order valence-electron chi connectivity index (χ3n) is 3.12. The topological polar surface area (TPSA) is 47.6 Å². The van der Waals surface area contributed by atoms with Crippen LogP contribution in [0.25, 0.3) is 0 Å². The minimum absolute atomic E-state index is 0.156.